The van der Waals surface area contributed by atoms with Crippen molar-refractivity contribution in [2.45, 2.75) is 20.0 Å². The first-order valence-corrected chi connectivity index (χ1v) is 9.63. The lowest BCUT2D eigenvalue weighted by Gasteiger charge is -2.30. The van der Waals surface area contributed by atoms with Gasteiger partial charge in [0.15, 0.2) is 5.78 Å². The molecule has 152 valence electrons. The van der Waals surface area contributed by atoms with Crippen molar-refractivity contribution in [3.8, 4) is 11.5 Å². The van der Waals surface area contributed by atoms with Crippen molar-refractivity contribution < 1.29 is 19.1 Å². The molecule has 3 aromatic rings. The van der Waals surface area contributed by atoms with E-state index in [1.807, 2.05) is 38.1 Å². The Kier molecular flexibility index (Phi) is 4.99. The van der Waals surface area contributed by atoms with Crippen LogP contribution in [0.5, 0.6) is 11.5 Å². The summed E-state index contributed by atoms with van der Waals surface area (Å²) in [6.07, 6.45) is 2.95. The lowest BCUT2D eigenvalue weighted by atomic mass is 9.83. The number of hydrogen-bond acceptors (Lipinski definition) is 5. The van der Waals surface area contributed by atoms with Gasteiger partial charge in [0, 0.05) is 24.0 Å². The number of fused-ring (bicyclic) bond motifs is 1. The molecule has 1 amide bonds. The maximum Gasteiger partial charge on any atom is 0.248 e. The fourth-order valence-electron chi connectivity index (χ4n) is 3.40. The zero-order valence-corrected chi connectivity index (χ0v) is 16.8. The van der Waals surface area contributed by atoms with Gasteiger partial charge in [0.05, 0.1) is 11.0 Å². The molecule has 0 fully saturated rings. The third-order valence-electron chi connectivity index (χ3n) is 5.16. The zero-order valence-electron chi connectivity index (χ0n) is 16.8. The number of aromatic nitrogens is 1. The van der Waals surface area contributed by atoms with Crippen molar-refractivity contribution in [3.05, 3.63) is 89.2 Å². The van der Waals surface area contributed by atoms with Gasteiger partial charge in [0.2, 0.25) is 5.91 Å². The highest BCUT2D eigenvalue weighted by Gasteiger charge is 2.36. The highest BCUT2D eigenvalue weighted by Crippen LogP contribution is 2.38. The Morgan fingerprint density at radius 2 is 1.73 bits per heavy atom. The number of carbonyl (C=O) groups is 2. The fourth-order valence-corrected chi connectivity index (χ4v) is 3.40. The third-order valence-corrected chi connectivity index (χ3v) is 5.16. The molecule has 6 nitrogen and oxygen atoms in total. The maximum absolute atomic E-state index is 12.6. The van der Waals surface area contributed by atoms with Crippen LogP contribution in [0.15, 0.2) is 67.0 Å². The highest BCUT2D eigenvalue weighted by atomic mass is 16.5. The number of Topliss-reactive ketones (excluding diaryl/α,β-unsaturated/α-hetero) is 1. The average molecular weight is 402 g/mol. The van der Waals surface area contributed by atoms with E-state index < -0.39 is 17.4 Å². The topological polar surface area (TPSA) is 91.5 Å². The zero-order chi connectivity index (χ0) is 21.3. The minimum absolute atomic E-state index is 0.0584. The quantitative estimate of drug-likeness (QED) is 0.698. The van der Waals surface area contributed by atoms with Crippen LogP contribution in [0.4, 0.5) is 0 Å². The molecule has 2 heterocycles. The average Bonchev–Trinajstić information content (AvgIpc) is 2.75. The number of nitrogens with zero attached hydrogens (tertiary/aromatic N) is 1. The molecule has 2 N–H and O–H groups in total. The second-order valence-electron chi connectivity index (χ2n) is 7.92. The Morgan fingerprint density at radius 1 is 1.07 bits per heavy atom. The molecule has 30 heavy (non-hydrogen) atoms. The van der Waals surface area contributed by atoms with E-state index in [9.17, 15) is 9.59 Å². The maximum atomic E-state index is 12.6. The van der Waals surface area contributed by atoms with Crippen molar-refractivity contribution in [1.29, 1.82) is 0 Å². The normalized spacial score (nSPS) is 15.6. The van der Waals surface area contributed by atoms with Crippen LogP contribution in [0.2, 0.25) is 0 Å². The van der Waals surface area contributed by atoms with Crippen LogP contribution in [0, 0.1) is 5.41 Å². The summed E-state index contributed by atoms with van der Waals surface area (Å²) in [6, 6.07) is 16.0. The largest absolute Gasteiger partial charge is 0.492 e. The van der Waals surface area contributed by atoms with Gasteiger partial charge in [-0.15, -0.1) is 0 Å². The van der Waals surface area contributed by atoms with Crippen LogP contribution in [0.3, 0.4) is 0 Å². The standard InChI is InChI=1S/C24H22N2O4/c1-24(2)14-29-20-13-18(7-8-19(20)22(24)27)30-21(16-9-11-26-12-10-16)15-3-5-17(6-4-15)23(25)28/h3-13,21H,14H2,1-2H3,(H2,25,28)/t21-/m1/s1. The highest BCUT2D eigenvalue weighted by molar-refractivity contribution is 6.03. The number of carbonyl (C=O) groups excluding carboxylic acids is 2. The van der Waals surface area contributed by atoms with Crippen molar-refractivity contribution in [2.24, 2.45) is 11.1 Å². The van der Waals surface area contributed by atoms with E-state index in [0.717, 1.165) is 11.1 Å². The fraction of sp³-hybridized carbons (Fsp3) is 0.208. The number of primary amides is 1. The summed E-state index contributed by atoms with van der Waals surface area (Å²) < 4.78 is 12.1. The monoisotopic (exact) mass is 402 g/mol. The van der Waals surface area contributed by atoms with E-state index >= 15 is 0 Å². The van der Waals surface area contributed by atoms with E-state index in [0.29, 0.717) is 29.2 Å². The van der Waals surface area contributed by atoms with Crippen molar-refractivity contribution in [1.82, 2.24) is 4.98 Å². The lowest BCUT2D eigenvalue weighted by molar-refractivity contribution is 0.0691. The summed E-state index contributed by atoms with van der Waals surface area (Å²) >= 11 is 0. The molecule has 6 heteroatoms. The molecule has 0 aliphatic carbocycles. The first kappa shape index (κ1) is 19.6. The van der Waals surface area contributed by atoms with E-state index in [1.54, 1.807) is 42.7 Å². The van der Waals surface area contributed by atoms with Gasteiger partial charge >= 0.3 is 0 Å². The second-order valence-corrected chi connectivity index (χ2v) is 7.92. The number of ketones is 1. The summed E-state index contributed by atoms with van der Waals surface area (Å²) in [6.45, 7) is 4.07. The smallest absolute Gasteiger partial charge is 0.248 e. The summed E-state index contributed by atoms with van der Waals surface area (Å²) in [5.41, 5.74) is 7.54. The minimum atomic E-state index is -0.545. The third kappa shape index (κ3) is 3.76. The van der Waals surface area contributed by atoms with Gasteiger partial charge in [-0.3, -0.25) is 14.6 Å². The molecular formula is C24H22N2O4. The summed E-state index contributed by atoms with van der Waals surface area (Å²) in [5.74, 6) is 0.668. The Morgan fingerprint density at radius 3 is 2.40 bits per heavy atom. The summed E-state index contributed by atoms with van der Waals surface area (Å²) in [4.78, 5) is 28.1. The molecule has 0 radical (unpaired) electrons. The molecular weight excluding hydrogens is 380 g/mol. The van der Waals surface area contributed by atoms with Gasteiger partial charge < -0.3 is 15.2 Å². The number of nitrogens with two attached hydrogens (primary N) is 1. The van der Waals surface area contributed by atoms with E-state index in [1.165, 1.54) is 0 Å². The molecule has 0 bridgehead atoms. The molecule has 1 atom stereocenters. The predicted octanol–water partition coefficient (Wildman–Crippen LogP) is 3.95. The van der Waals surface area contributed by atoms with Gasteiger partial charge in [0.25, 0.3) is 0 Å². The Labute approximate surface area is 174 Å². The molecule has 1 aliphatic heterocycles. The van der Waals surface area contributed by atoms with Crippen LogP contribution in [0.1, 0.15) is 51.8 Å². The van der Waals surface area contributed by atoms with Gasteiger partial charge in [0.1, 0.15) is 24.2 Å². The molecule has 0 unspecified atom stereocenters. The Hall–Kier alpha value is -3.67. The van der Waals surface area contributed by atoms with Gasteiger partial charge in [-0.1, -0.05) is 12.1 Å². The predicted molar refractivity (Wildman–Crippen MR) is 112 cm³/mol. The molecule has 1 aromatic heterocycles. The molecule has 4 rings (SSSR count). The Balaban J connectivity index is 1.68. The summed E-state index contributed by atoms with van der Waals surface area (Å²) in [7, 11) is 0. The van der Waals surface area contributed by atoms with Crippen molar-refractivity contribution in [2.75, 3.05) is 6.61 Å². The Bertz CT molecular complexity index is 1090. The van der Waals surface area contributed by atoms with E-state index in [4.69, 9.17) is 15.2 Å². The van der Waals surface area contributed by atoms with Crippen molar-refractivity contribution >= 4 is 11.7 Å². The number of amides is 1. The SMILES string of the molecule is CC1(C)COc2cc(O[C@@H](c3ccncc3)c3ccc(C(N)=O)cc3)ccc2C1=O. The number of hydrogen-bond donors (Lipinski definition) is 1. The minimum Gasteiger partial charge on any atom is -0.492 e. The van der Waals surface area contributed by atoms with E-state index in [2.05, 4.69) is 4.98 Å². The first-order valence-electron chi connectivity index (χ1n) is 9.63. The number of ether oxygens (including phenoxy) is 2. The molecule has 0 saturated carbocycles. The first-order chi connectivity index (χ1) is 14.3. The van der Waals surface area contributed by atoms with Crippen LogP contribution in [-0.2, 0) is 0 Å². The molecule has 2 aromatic carbocycles. The van der Waals surface area contributed by atoms with Crippen molar-refractivity contribution in [3.63, 3.8) is 0 Å². The van der Waals surface area contributed by atoms with Gasteiger partial charge in [-0.05, 0) is 61.4 Å². The van der Waals surface area contributed by atoms with Gasteiger partial charge in [-0.2, -0.15) is 0 Å². The van der Waals surface area contributed by atoms with Crippen LogP contribution in [0.25, 0.3) is 0 Å². The van der Waals surface area contributed by atoms with E-state index in [-0.39, 0.29) is 5.78 Å². The summed E-state index contributed by atoms with van der Waals surface area (Å²) in [5, 5.41) is 0. The number of rotatable bonds is 5. The molecule has 1 aliphatic rings. The number of benzene rings is 2. The lowest BCUT2D eigenvalue weighted by Crippen LogP contribution is -2.35. The van der Waals surface area contributed by atoms with Gasteiger partial charge in [-0.25, -0.2) is 0 Å². The van der Waals surface area contributed by atoms with Crippen LogP contribution in [-0.4, -0.2) is 23.3 Å². The van der Waals surface area contributed by atoms with Crippen LogP contribution < -0.4 is 15.2 Å². The molecule has 0 spiro atoms. The molecule has 0 saturated heterocycles. The second kappa shape index (κ2) is 7.63. The van der Waals surface area contributed by atoms with Crippen LogP contribution >= 0.6 is 0 Å². The number of pyridine rings is 1.